The minimum Gasteiger partial charge on any atom is -0.347 e. The van der Waals surface area contributed by atoms with Crippen LogP contribution < -0.4 is 5.32 Å². The molecule has 0 fully saturated rings. The zero-order chi connectivity index (χ0) is 14.4. The van der Waals surface area contributed by atoms with E-state index in [9.17, 15) is 9.59 Å². The van der Waals surface area contributed by atoms with E-state index in [2.05, 4.69) is 17.9 Å². The van der Waals surface area contributed by atoms with Crippen molar-refractivity contribution in [3.05, 3.63) is 35.9 Å². The predicted molar refractivity (Wildman–Crippen MR) is 79.2 cm³/mol. The molecule has 2 amide bonds. The van der Waals surface area contributed by atoms with Crippen LogP contribution in [-0.4, -0.2) is 42.1 Å². The number of nitrogens with one attached hydrogen (secondary N) is 1. The first-order valence-corrected chi connectivity index (χ1v) is 6.67. The van der Waals surface area contributed by atoms with Crippen molar-refractivity contribution in [1.29, 1.82) is 0 Å². The summed E-state index contributed by atoms with van der Waals surface area (Å²) in [6.07, 6.45) is 0.540. The molecule has 4 nitrogen and oxygen atoms in total. The number of nitrogens with zero attached hydrogens (tertiary/aromatic N) is 1. The lowest BCUT2D eigenvalue weighted by Gasteiger charge is -2.19. The van der Waals surface area contributed by atoms with E-state index >= 15 is 0 Å². The van der Waals surface area contributed by atoms with Crippen molar-refractivity contribution >= 4 is 24.4 Å². The summed E-state index contributed by atoms with van der Waals surface area (Å²) in [5.41, 5.74) is 1.05. The standard InChI is InChI=1S/C14H20N2O2S/c1-10(14(18)16(2)3)15-13(17)12(19)9-11-7-5-4-6-8-11/h4-8,10,12,19H,9H2,1-3H3,(H,15,17). The van der Waals surface area contributed by atoms with Gasteiger partial charge >= 0.3 is 0 Å². The molecule has 1 N–H and O–H groups in total. The lowest BCUT2D eigenvalue weighted by Crippen LogP contribution is -2.47. The highest BCUT2D eigenvalue weighted by molar-refractivity contribution is 7.81. The van der Waals surface area contributed by atoms with Gasteiger partial charge in [-0.25, -0.2) is 0 Å². The Hall–Kier alpha value is -1.49. The molecular formula is C14H20N2O2S. The van der Waals surface area contributed by atoms with E-state index in [1.54, 1.807) is 21.0 Å². The van der Waals surface area contributed by atoms with E-state index in [0.29, 0.717) is 6.42 Å². The molecule has 2 atom stereocenters. The van der Waals surface area contributed by atoms with E-state index in [-0.39, 0.29) is 11.8 Å². The zero-order valence-electron chi connectivity index (χ0n) is 11.5. The van der Waals surface area contributed by atoms with Crippen LogP contribution in [0, 0.1) is 0 Å². The van der Waals surface area contributed by atoms with E-state index in [4.69, 9.17) is 0 Å². The average molecular weight is 280 g/mol. The lowest BCUT2D eigenvalue weighted by atomic mass is 10.1. The molecule has 2 unspecified atom stereocenters. The first kappa shape index (κ1) is 15.6. The number of rotatable bonds is 5. The molecule has 0 aliphatic carbocycles. The van der Waals surface area contributed by atoms with Crippen molar-refractivity contribution < 1.29 is 9.59 Å². The van der Waals surface area contributed by atoms with Gasteiger partial charge in [0.05, 0.1) is 5.25 Å². The van der Waals surface area contributed by atoms with Gasteiger partial charge < -0.3 is 10.2 Å². The summed E-state index contributed by atoms with van der Waals surface area (Å²) in [6, 6.07) is 9.13. The van der Waals surface area contributed by atoms with Gasteiger partial charge in [-0.05, 0) is 18.9 Å². The van der Waals surface area contributed by atoms with Crippen LogP contribution in [0.1, 0.15) is 12.5 Å². The highest BCUT2D eigenvalue weighted by atomic mass is 32.1. The number of amides is 2. The molecule has 0 aliphatic rings. The molecule has 0 saturated heterocycles. The minimum absolute atomic E-state index is 0.131. The number of hydrogen-bond acceptors (Lipinski definition) is 3. The molecule has 0 radical (unpaired) electrons. The Kier molecular flexibility index (Phi) is 5.89. The number of carbonyl (C=O) groups excluding carboxylic acids is 2. The summed E-state index contributed by atoms with van der Waals surface area (Å²) in [5.74, 6) is -0.358. The Morgan fingerprint density at radius 1 is 1.26 bits per heavy atom. The summed E-state index contributed by atoms with van der Waals surface area (Å²) in [4.78, 5) is 25.0. The van der Waals surface area contributed by atoms with Gasteiger partial charge in [0.1, 0.15) is 6.04 Å². The summed E-state index contributed by atoms with van der Waals surface area (Å²) in [5, 5.41) is 2.22. The second-order valence-electron chi connectivity index (χ2n) is 4.67. The topological polar surface area (TPSA) is 49.4 Å². The largest absolute Gasteiger partial charge is 0.347 e. The number of thiol groups is 1. The highest BCUT2D eigenvalue weighted by Gasteiger charge is 2.21. The summed E-state index contributed by atoms with van der Waals surface area (Å²) < 4.78 is 0. The molecule has 0 aliphatic heterocycles. The lowest BCUT2D eigenvalue weighted by molar-refractivity contribution is -0.133. The molecule has 0 aromatic heterocycles. The second-order valence-corrected chi connectivity index (χ2v) is 5.29. The van der Waals surface area contributed by atoms with Crippen molar-refractivity contribution in [3.63, 3.8) is 0 Å². The van der Waals surface area contributed by atoms with Crippen molar-refractivity contribution in [2.45, 2.75) is 24.6 Å². The van der Waals surface area contributed by atoms with Crippen molar-refractivity contribution in [2.24, 2.45) is 0 Å². The van der Waals surface area contributed by atoms with Crippen molar-refractivity contribution in [1.82, 2.24) is 10.2 Å². The number of hydrogen-bond donors (Lipinski definition) is 2. The molecule has 0 bridgehead atoms. The molecule has 0 saturated carbocycles. The van der Waals surface area contributed by atoms with Crippen LogP contribution in [0.15, 0.2) is 30.3 Å². The fourth-order valence-electron chi connectivity index (χ4n) is 1.69. The van der Waals surface area contributed by atoms with Gasteiger partial charge in [0.2, 0.25) is 11.8 Å². The average Bonchev–Trinajstić information content (AvgIpc) is 2.38. The molecule has 104 valence electrons. The fraction of sp³-hybridized carbons (Fsp3) is 0.429. The van der Waals surface area contributed by atoms with Gasteiger partial charge in [-0.3, -0.25) is 9.59 Å². The molecular weight excluding hydrogens is 260 g/mol. The second kappa shape index (κ2) is 7.19. The van der Waals surface area contributed by atoms with Crippen LogP contribution in [-0.2, 0) is 16.0 Å². The molecule has 1 rings (SSSR count). The molecule has 5 heteroatoms. The third-order valence-corrected chi connectivity index (χ3v) is 3.16. The minimum atomic E-state index is -0.534. The smallest absolute Gasteiger partial charge is 0.244 e. The monoisotopic (exact) mass is 280 g/mol. The maximum Gasteiger partial charge on any atom is 0.244 e. The Morgan fingerprint density at radius 2 is 1.84 bits per heavy atom. The molecule has 0 spiro atoms. The van der Waals surface area contributed by atoms with Crippen LogP contribution in [0.4, 0.5) is 0 Å². The Labute approximate surface area is 119 Å². The third-order valence-electron chi connectivity index (χ3n) is 2.74. The molecule has 1 aromatic carbocycles. The van der Waals surface area contributed by atoms with Crippen LogP contribution in [0.2, 0.25) is 0 Å². The molecule has 1 aromatic rings. The summed E-state index contributed by atoms with van der Waals surface area (Å²) in [6.45, 7) is 1.67. The summed E-state index contributed by atoms with van der Waals surface area (Å²) in [7, 11) is 3.32. The van der Waals surface area contributed by atoms with Crippen LogP contribution in [0.25, 0.3) is 0 Å². The van der Waals surface area contributed by atoms with E-state index in [1.807, 2.05) is 30.3 Å². The molecule has 0 heterocycles. The number of carbonyl (C=O) groups is 2. The van der Waals surface area contributed by atoms with Gasteiger partial charge in [0.15, 0.2) is 0 Å². The van der Waals surface area contributed by atoms with Gasteiger partial charge in [-0.1, -0.05) is 30.3 Å². The van der Waals surface area contributed by atoms with Crippen molar-refractivity contribution in [3.8, 4) is 0 Å². The fourth-order valence-corrected chi connectivity index (χ4v) is 1.97. The third kappa shape index (κ3) is 4.95. The highest BCUT2D eigenvalue weighted by Crippen LogP contribution is 2.08. The van der Waals surface area contributed by atoms with E-state index < -0.39 is 11.3 Å². The zero-order valence-corrected chi connectivity index (χ0v) is 12.4. The number of benzene rings is 1. The van der Waals surface area contributed by atoms with E-state index in [1.165, 1.54) is 4.90 Å². The summed E-state index contributed by atoms with van der Waals surface area (Å²) >= 11 is 4.29. The Bertz CT molecular complexity index is 434. The first-order valence-electron chi connectivity index (χ1n) is 6.15. The maximum atomic E-state index is 11.9. The Balaban J connectivity index is 2.51. The predicted octanol–water partition coefficient (Wildman–Crippen LogP) is 1.12. The van der Waals surface area contributed by atoms with Gasteiger partial charge in [-0.2, -0.15) is 12.6 Å². The molecule has 19 heavy (non-hydrogen) atoms. The first-order chi connectivity index (χ1) is 8.91. The normalized spacial score (nSPS) is 13.5. The number of likely N-dealkylation sites (N-methyl/N-ethyl adjacent to an activating group) is 1. The maximum absolute atomic E-state index is 11.9. The van der Waals surface area contributed by atoms with Gasteiger partial charge in [-0.15, -0.1) is 0 Å². The van der Waals surface area contributed by atoms with Crippen LogP contribution in [0.3, 0.4) is 0 Å². The Morgan fingerprint density at radius 3 is 2.37 bits per heavy atom. The quantitative estimate of drug-likeness (QED) is 0.794. The van der Waals surface area contributed by atoms with E-state index in [0.717, 1.165) is 5.56 Å². The van der Waals surface area contributed by atoms with Gasteiger partial charge in [0.25, 0.3) is 0 Å². The van der Waals surface area contributed by atoms with Crippen LogP contribution >= 0.6 is 12.6 Å². The van der Waals surface area contributed by atoms with Crippen molar-refractivity contribution in [2.75, 3.05) is 14.1 Å². The van der Waals surface area contributed by atoms with Crippen LogP contribution in [0.5, 0.6) is 0 Å². The van der Waals surface area contributed by atoms with Gasteiger partial charge in [0, 0.05) is 14.1 Å². The SMILES string of the molecule is CC(NC(=O)C(S)Cc1ccccc1)C(=O)N(C)C.